The van der Waals surface area contributed by atoms with E-state index in [1.165, 1.54) is 30.6 Å². The van der Waals surface area contributed by atoms with Crippen LogP contribution in [-0.2, 0) is 11.3 Å². The third kappa shape index (κ3) is 3.51. The Morgan fingerprint density at radius 3 is 2.68 bits per heavy atom. The zero-order valence-corrected chi connectivity index (χ0v) is 14.8. The number of likely N-dealkylation sites (tertiary alicyclic amines) is 1. The Labute approximate surface area is 137 Å². The summed E-state index contributed by atoms with van der Waals surface area (Å²) in [4.78, 5) is 22.7. The molecule has 0 radical (unpaired) electrons. The van der Waals surface area contributed by atoms with Gasteiger partial charge in [-0.25, -0.2) is 4.98 Å². The zero-order chi connectivity index (χ0) is 15.7. The van der Waals surface area contributed by atoms with Crippen molar-refractivity contribution in [2.45, 2.75) is 58.5 Å². The molecule has 22 heavy (non-hydrogen) atoms. The van der Waals surface area contributed by atoms with E-state index in [1.807, 2.05) is 0 Å². The SMILES string of the molecule is Cc1nc(C)c(CN(C)CC2CC(=O)N(C3CCCC3)C2)s1. The summed E-state index contributed by atoms with van der Waals surface area (Å²) < 4.78 is 0. The fourth-order valence-electron chi connectivity index (χ4n) is 3.97. The topological polar surface area (TPSA) is 36.4 Å². The normalized spacial score (nSPS) is 23.2. The van der Waals surface area contributed by atoms with Crippen molar-refractivity contribution in [3.8, 4) is 0 Å². The number of aromatic nitrogens is 1. The predicted octanol–water partition coefficient (Wildman–Crippen LogP) is 2.98. The Kier molecular flexibility index (Phi) is 4.83. The molecule has 1 aliphatic carbocycles. The van der Waals surface area contributed by atoms with Gasteiger partial charge in [-0.05, 0) is 39.7 Å². The van der Waals surface area contributed by atoms with Crippen LogP contribution >= 0.6 is 11.3 Å². The molecule has 1 aliphatic heterocycles. The predicted molar refractivity (Wildman–Crippen MR) is 90.0 cm³/mol. The number of hydrogen-bond acceptors (Lipinski definition) is 4. The lowest BCUT2D eigenvalue weighted by atomic mass is 10.1. The van der Waals surface area contributed by atoms with E-state index in [0.29, 0.717) is 17.9 Å². The number of rotatable bonds is 5. The molecule has 5 heteroatoms. The number of thiazole rings is 1. The molecule has 0 aromatic carbocycles. The van der Waals surface area contributed by atoms with Crippen LogP contribution in [0.5, 0.6) is 0 Å². The Balaban J connectivity index is 1.52. The van der Waals surface area contributed by atoms with Gasteiger partial charge in [0.05, 0.1) is 10.7 Å². The maximum atomic E-state index is 12.3. The molecular weight excluding hydrogens is 294 g/mol. The summed E-state index contributed by atoms with van der Waals surface area (Å²) in [5.41, 5.74) is 1.16. The summed E-state index contributed by atoms with van der Waals surface area (Å²) >= 11 is 1.79. The first-order valence-electron chi connectivity index (χ1n) is 8.44. The highest BCUT2D eigenvalue weighted by Crippen LogP contribution is 2.30. The van der Waals surface area contributed by atoms with Gasteiger partial charge >= 0.3 is 0 Å². The van der Waals surface area contributed by atoms with Gasteiger partial charge in [-0.15, -0.1) is 11.3 Å². The minimum absolute atomic E-state index is 0.384. The molecule has 1 saturated carbocycles. The van der Waals surface area contributed by atoms with Crippen molar-refractivity contribution in [1.82, 2.24) is 14.8 Å². The molecule has 3 rings (SSSR count). The van der Waals surface area contributed by atoms with Crippen molar-refractivity contribution in [1.29, 1.82) is 0 Å². The second-order valence-corrected chi connectivity index (χ2v) is 8.28. The summed E-state index contributed by atoms with van der Waals surface area (Å²) in [5.74, 6) is 0.877. The van der Waals surface area contributed by atoms with Gasteiger partial charge in [-0.2, -0.15) is 0 Å². The minimum atomic E-state index is 0.384. The largest absolute Gasteiger partial charge is 0.339 e. The Morgan fingerprint density at radius 1 is 1.32 bits per heavy atom. The molecule has 2 fully saturated rings. The molecule has 4 nitrogen and oxygen atoms in total. The van der Waals surface area contributed by atoms with Gasteiger partial charge in [0.2, 0.25) is 5.91 Å². The number of nitrogens with zero attached hydrogens (tertiary/aromatic N) is 3. The van der Waals surface area contributed by atoms with Crippen molar-refractivity contribution >= 4 is 17.2 Å². The van der Waals surface area contributed by atoms with Crippen LogP contribution in [0, 0.1) is 19.8 Å². The molecule has 0 bridgehead atoms. The van der Waals surface area contributed by atoms with E-state index in [9.17, 15) is 4.79 Å². The van der Waals surface area contributed by atoms with Crippen molar-refractivity contribution in [3.05, 3.63) is 15.6 Å². The van der Waals surface area contributed by atoms with E-state index in [-0.39, 0.29) is 0 Å². The van der Waals surface area contributed by atoms with Gasteiger partial charge in [-0.1, -0.05) is 12.8 Å². The van der Waals surface area contributed by atoms with E-state index in [1.54, 1.807) is 11.3 Å². The van der Waals surface area contributed by atoms with Gasteiger partial charge in [0.15, 0.2) is 0 Å². The van der Waals surface area contributed by atoms with Crippen LogP contribution < -0.4 is 0 Å². The number of hydrogen-bond donors (Lipinski definition) is 0. The van der Waals surface area contributed by atoms with E-state index < -0.39 is 0 Å². The van der Waals surface area contributed by atoms with E-state index in [4.69, 9.17) is 0 Å². The molecule has 0 N–H and O–H groups in total. The van der Waals surface area contributed by atoms with E-state index in [2.05, 4.69) is 35.7 Å². The summed E-state index contributed by atoms with van der Waals surface area (Å²) in [5, 5.41) is 1.14. The highest BCUT2D eigenvalue weighted by atomic mass is 32.1. The van der Waals surface area contributed by atoms with Crippen LogP contribution in [0.3, 0.4) is 0 Å². The van der Waals surface area contributed by atoms with Crippen LogP contribution in [0.1, 0.15) is 47.7 Å². The first-order valence-corrected chi connectivity index (χ1v) is 9.25. The summed E-state index contributed by atoms with van der Waals surface area (Å²) in [6.07, 6.45) is 5.76. The molecule has 0 spiro atoms. The monoisotopic (exact) mass is 321 g/mol. The third-order valence-electron chi connectivity index (χ3n) is 4.99. The Morgan fingerprint density at radius 2 is 2.05 bits per heavy atom. The molecule has 1 saturated heterocycles. The van der Waals surface area contributed by atoms with E-state index in [0.717, 1.165) is 36.8 Å². The van der Waals surface area contributed by atoms with Gasteiger partial charge < -0.3 is 9.80 Å². The molecule has 1 aromatic rings. The number of carbonyl (C=O) groups excluding carboxylic acids is 1. The van der Waals surface area contributed by atoms with Gasteiger partial charge in [0, 0.05) is 37.0 Å². The fourth-order valence-corrected chi connectivity index (χ4v) is 4.99. The minimum Gasteiger partial charge on any atom is -0.339 e. The van der Waals surface area contributed by atoms with Crippen molar-refractivity contribution in [2.24, 2.45) is 5.92 Å². The summed E-state index contributed by atoms with van der Waals surface area (Å²) in [7, 11) is 2.16. The van der Waals surface area contributed by atoms with Gasteiger partial charge in [0.1, 0.15) is 0 Å². The molecule has 1 aromatic heterocycles. The highest BCUT2D eigenvalue weighted by molar-refractivity contribution is 7.11. The molecule has 1 atom stereocenters. The molecule has 122 valence electrons. The highest BCUT2D eigenvalue weighted by Gasteiger charge is 2.35. The average Bonchev–Trinajstić information content (AvgIpc) is 3.12. The number of amides is 1. The van der Waals surface area contributed by atoms with Gasteiger partial charge in [-0.3, -0.25) is 4.79 Å². The fraction of sp³-hybridized carbons (Fsp3) is 0.765. The maximum Gasteiger partial charge on any atom is 0.223 e. The van der Waals surface area contributed by atoms with Gasteiger partial charge in [0.25, 0.3) is 0 Å². The van der Waals surface area contributed by atoms with Crippen molar-refractivity contribution in [3.63, 3.8) is 0 Å². The van der Waals surface area contributed by atoms with Crippen LogP contribution in [-0.4, -0.2) is 46.9 Å². The quantitative estimate of drug-likeness (QED) is 0.836. The second kappa shape index (κ2) is 6.67. The van der Waals surface area contributed by atoms with Crippen molar-refractivity contribution < 1.29 is 4.79 Å². The lowest BCUT2D eigenvalue weighted by Crippen LogP contribution is -2.35. The average molecular weight is 321 g/mol. The molecule has 1 unspecified atom stereocenters. The van der Waals surface area contributed by atoms with Crippen molar-refractivity contribution in [2.75, 3.05) is 20.1 Å². The van der Waals surface area contributed by atoms with E-state index >= 15 is 0 Å². The zero-order valence-electron chi connectivity index (χ0n) is 14.0. The first-order chi connectivity index (χ1) is 10.5. The van der Waals surface area contributed by atoms with Crippen LogP contribution in [0.4, 0.5) is 0 Å². The van der Waals surface area contributed by atoms with Crippen LogP contribution in [0.25, 0.3) is 0 Å². The summed E-state index contributed by atoms with van der Waals surface area (Å²) in [6, 6.07) is 0.536. The Hall–Kier alpha value is -0.940. The number of aryl methyl sites for hydroxylation is 2. The second-order valence-electron chi connectivity index (χ2n) is 6.99. The Bertz CT molecular complexity index is 536. The number of carbonyl (C=O) groups is 1. The maximum absolute atomic E-state index is 12.3. The standard InChI is InChI=1S/C17H27N3OS/c1-12-16(22-13(2)18-12)11-19(3)9-14-8-17(21)20(10-14)15-6-4-5-7-15/h14-15H,4-11H2,1-3H3. The van der Waals surface area contributed by atoms with Crippen LogP contribution in [0.15, 0.2) is 0 Å². The molecule has 2 heterocycles. The first kappa shape index (κ1) is 15.9. The lowest BCUT2D eigenvalue weighted by molar-refractivity contribution is -0.129. The molecule has 2 aliphatic rings. The molecule has 1 amide bonds. The van der Waals surface area contributed by atoms with Crippen LogP contribution in [0.2, 0.25) is 0 Å². The summed E-state index contributed by atoms with van der Waals surface area (Å²) in [6.45, 7) is 7.08. The smallest absolute Gasteiger partial charge is 0.223 e. The molecular formula is C17H27N3OS. The lowest BCUT2D eigenvalue weighted by Gasteiger charge is -2.25. The third-order valence-corrected chi connectivity index (χ3v) is 6.04.